The zero-order chi connectivity index (χ0) is 20.0. The first-order valence-electron chi connectivity index (χ1n) is 9.10. The maximum atomic E-state index is 12.6. The Kier molecular flexibility index (Phi) is 4.17. The predicted molar refractivity (Wildman–Crippen MR) is 109 cm³/mol. The number of hydrogen-bond acceptors (Lipinski definition) is 6. The summed E-state index contributed by atoms with van der Waals surface area (Å²) in [5.41, 5.74) is 3.61. The van der Waals surface area contributed by atoms with Crippen molar-refractivity contribution in [2.45, 2.75) is 20.1 Å². The van der Waals surface area contributed by atoms with Gasteiger partial charge in [0.25, 0.3) is 5.56 Å². The fraction of sp³-hybridized carbons (Fsp3) is 0.136. The first-order valence-corrected chi connectivity index (χ1v) is 9.92. The van der Waals surface area contributed by atoms with E-state index in [1.807, 2.05) is 43.3 Å². The van der Waals surface area contributed by atoms with Crippen LogP contribution in [-0.4, -0.2) is 15.4 Å². The van der Waals surface area contributed by atoms with E-state index in [0.29, 0.717) is 22.8 Å². The van der Waals surface area contributed by atoms with E-state index >= 15 is 0 Å². The Bertz CT molecular complexity index is 1320. The monoisotopic (exact) mass is 404 g/mol. The second kappa shape index (κ2) is 6.86. The lowest BCUT2D eigenvalue weighted by molar-refractivity contribution is 0.0473. The minimum Gasteiger partial charge on any atom is -0.488 e. The molecule has 0 fully saturated rings. The number of carbonyl (C=O) groups is 1. The molecule has 7 heteroatoms. The minimum absolute atomic E-state index is 0.0610. The average molecular weight is 404 g/mol. The van der Waals surface area contributed by atoms with Crippen LogP contribution in [-0.2, 0) is 18.0 Å². The molecule has 0 saturated carbocycles. The number of fused-ring (bicyclic) bond motifs is 4. The Hall–Kier alpha value is -3.45. The van der Waals surface area contributed by atoms with Gasteiger partial charge < -0.3 is 9.47 Å². The van der Waals surface area contributed by atoms with Gasteiger partial charge in [0.1, 0.15) is 29.5 Å². The van der Waals surface area contributed by atoms with Crippen molar-refractivity contribution < 1.29 is 14.3 Å². The summed E-state index contributed by atoms with van der Waals surface area (Å²) in [5.74, 6) is 0.381. The third kappa shape index (κ3) is 3.09. The summed E-state index contributed by atoms with van der Waals surface area (Å²) in [5, 5.41) is 0. The van der Waals surface area contributed by atoms with Gasteiger partial charge in [0.2, 0.25) is 0 Å². The molecule has 1 aromatic carbocycles. The van der Waals surface area contributed by atoms with Gasteiger partial charge in [-0.1, -0.05) is 18.2 Å². The van der Waals surface area contributed by atoms with Gasteiger partial charge in [0, 0.05) is 28.3 Å². The van der Waals surface area contributed by atoms with Gasteiger partial charge in [-0.15, -0.1) is 11.3 Å². The van der Waals surface area contributed by atoms with Gasteiger partial charge in [-0.05, 0) is 36.8 Å². The quantitative estimate of drug-likeness (QED) is 0.483. The first-order chi connectivity index (χ1) is 14.1. The number of nitrogens with zero attached hydrogens (tertiary/aromatic N) is 2. The molecule has 0 radical (unpaired) electrons. The van der Waals surface area contributed by atoms with Crippen LogP contribution >= 0.6 is 11.3 Å². The second-order valence-electron chi connectivity index (χ2n) is 6.80. The first kappa shape index (κ1) is 17.6. The molecule has 1 aliphatic heterocycles. The normalized spacial score (nSPS) is 12.2. The Morgan fingerprint density at radius 2 is 2.10 bits per heavy atom. The molecule has 0 N–H and O–H groups in total. The summed E-state index contributed by atoms with van der Waals surface area (Å²) in [6, 6.07) is 14.7. The number of benzene rings is 1. The minimum atomic E-state index is -0.436. The molecular formula is C22H16N2O4S. The number of aryl methyl sites for hydroxylation is 1. The van der Waals surface area contributed by atoms with E-state index in [4.69, 9.17) is 9.47 Å². The summed E-state index contributed by atoms with van der Waals surface area (Å²) < 4.78 is 12.7. The fourth-order valence-electron chi connectivity index (χ4n) is 3.39. The molecule has 1 aliphatic rings. The highest BCUT2D eigenvalue weighted by Gasteiger charge is 2.23. The number of hydrogen-bond donors (Lipinski definition) is 0. The number of pyridine rings is 1. The lowest BCUT2D eigenvalue weighted by atomic mass is 10.1. The lowest BCUT2D eigenvalue weighted by Gasteiger charge is -2.16. The number of carbonyl (C=O) groups excluding carboxylic acids is 1. The highest BCUT2D eigenvalue weighted by atomic mass is 32.1. The summed E-state index contributed by atoms with van der Waals surface area (Å²) >= 11 is 1.39. The van der Waals surface area contributed by atoms with Crippen LogP contribution in [0.1, 0.15) is 26.5 Å². The molecule has 0 bridgehead atoms. The van der Waals surface area contributed by atoms with Gasteiger partial charge in [-0.2, -0.15) is 0 Å². The SMILES string of the molecule is Cc1cccn2c(=O)cc(COC(=O)c3cc4c(s3)-c3ccccc3OC4)nc12. The van der Waals surface area contributed by atoms with Crippen molar-refractivity contribution in [3.8, 4) is 16.2 Å². The van der Waals surface area contributed by atoms with Gasteiger partial charge in [0.05, 0.1) is 5.69 Å². The third-order valence-corrected chi connectivity index (χ3v) is 6.01. The highest BCUT2D eigenvalue weighted by molar-refractivity contribution is 7.17. The molecular weight excluding hydrogens is 388 g/mol. The summed E-state index contributed by atoms with van der Waals surface area (Å²) in [6.07, 6.45) is 1.67. The molecule has 4 aromatic rings. The lowest BCUT2D eigenvalue weighted by Crippen LogP contribution is -2.17. The van der Waals surface area contributed by atoms with E-state index in [1.54, 1.807) is 12.3 Å². The molecule has 5 rings (SSSR count). The Morgan fingerprint density at radius 3 is 3.00 bits per heavy atom. The van der Waals surface area contributed by atoms with Gasteiger partial charge in [0.15, 0.2) is 0 Å². The topological polar surface area (TPSA) is 69.9 Å². The molecule has 3 aromatic heterocycles. The van der Waals surface area contributed by atoms with Crippen molar-refractivity contribution in [1.82, 2.24) is 9.38 Å². The maximum absolute atomic E-state index is 12.6. The molecule has 6 nitrogen and oxygen atoms in total. The molecule has 0 amide bonds. The molecule has 0 spiro atoms. The van der Waals surface area contributed by atoms with E-state index in [0.717, 1.165) is 27.3 Å². The fourth-order valence-corrected chi connectivity index (χ4v) is 4.48. The average Bonchev–Trinajstić information content (AvgIpc) is 3.18. The number of rotatable bonds is 3. The Labute approximate surface area is 170 Å². The van der Waals surface area contributed by atoms with E-state index in [-0.39, 0.29) is 12.2 Å². The smallest absolute Gasteiger partial charge is 0.348 e. The zero-order valence-electron chi connectivity index (χ0n) is 15.5. The van der Waals surface area contributed by atoms with Crippen molar-refractivity contribution >= 4 is 23.0 Å². The third-order valence-electron chi connectivity index (χ3n) is 4.82. The van der Waals surface area contributed by atoms with Gasteiger partial charge >= 0.3 is 5.97 Å². The van der Waals surface area contributed by atoms with Crippen LogP contribution in [0.5, 0.6) is 5.75 Å². The summed E-state index contributed by atoms with van der Waals surface area (Å²) in [7, 11) is 0. The van der Waals surface area contributed by atoms with Crippen LogP contribution < -0.4 is 10.3 Å². The van der Waals surface area contributed by atoms with Crippen LogP contribution in [0.25, 0.3) is 16.1 Å². The van der Waals surface area contributed by atoms with Crippen LogP contribution in [0.4, 0.5) is 0 Å². The van der Waals surface area contributed by atoms with Gasteiger partial charge in [-0.3, -0.25) is 9.20 Å². The number of aromatic nitrogens is 2. The number of esters is 1. The van der Waals surface area contributed by atoms with Crippen LogP contribution in [0.15, 0.2) is 59.5 Å². The molecule has 144 valence electrons. The molecule has 4 heterocycles. The van der Waals surface area contributed by atoms with E-state index < -0.39 is 5.97 Å². The molecule has 0 atom stereocenters. The zero-order valence-corrected chi connectivity index (χ0v) is 16.4. The van der Waals surface area contributed by atoms with Crippen molar-refractivity contribution in [1.29, 1.82) is 0 Å². The number of para-hydroxylation sites is 1. The number of thiophene rings is 1. The van der Waals surface area contributed by atoms with E-state index in [9.17, 15) is 9.59 Å². The van der Waals surface area contributed by atoms with Crippen molar-refractivity contribution in [2.75, 3.05) is 0 Å². The van der Waals surface area contributed by atoms with Crippen molar-refractivity contribution in [3.05, 3.63) is 86.8 Å². The standard InChI is InChI=1S/C22H16N2O4S/c1-13-5-4-8-24-19(25)10-15(23-21(13)24)12-28-22(26)18-9-14-11-27-17-7-3-2-6-16(17)20(14)29-18/h2-10H,11-12H2,1H3. The Balaban J connectivity index is 1.39. The largest absolute Gasteiger partial charge is 0.488 e. The van der Waals surface area contributed by atoms with Crippen molar-refractivity contribution in [2.24, 2.45) is 0 Å². The second-order valence-corrected chi connectivity index (χ2v) is 7.85. The van der Waals surface area contributed by atoms with Gasteiger partial charge in [-0.25, -0.2) is 9.78 Å². The Morgan fingerprint density at radius 1 is 1.24 bits per heavy atom. The summed E-state index contributed by atoms with van der Waals surface area (Å²) in [4.78, 5) is 30.9. The molecule has 29 heavy (non-hydrogen) atoms. The van der Waals surface area contributed by atoms with E-state index in [1.165, 1.54) is 21.8 Å². The molecule has 0 unspecified atom stereocenters. The number of ether oxygens (including phenoxy) is 2. The molecule has 0 aliphatic carbocycles. The van der Waals surface area contributed by atoms with Crippen LogP contribution in [0, 0.1) is 6.92 Å². The maximum Gasteiger partial charge on any atom is 0.348 e. The van der Waals surface area contributed by atoms with Crippen LogP contribution in [0.2, 0.25) is 0 Å². The summed E-state index contributed by atoms with van der Waals surface area (Å²) in [6.45, 7) is 2.25. The predicted octanol–water partition coefficient (Wildman–Crippen LogP) is 3.98. The van der Waals surface area contributed by atoms with Crippen molar-refractivity contribution in [3.63, 3.8) is 0 Å². The van der Waals surface area contributed by atoms with Crippen LogP contribution in [0.3, 0.4) is 0 Å². The highest BCUT2D eigenvalue weighted by Crippen LogP contribution is 2.42. The van der Waals surface area contributed by atoms with E-state index in [2.05, 4.69) is 4.98 Å². The molecule has 0 saturated heterocycles.